The Labute approximate surface area is 200 Å². The van der Waals surface area contributed by atoms with Crippen molar-refractivity contribution in [3.8, 4) is 11.1 Å². The molecule has 0 heterocycles. The van der Waals surface area contributed by atoms with Crippen LogP contribution in [0.2, 0.25) is 0 Å². The Bertz CT molecular complexity index is 982. The lowest BCUT2D eigenvalue weighted by Crippen LogP contribution is -2.49. The third-order valence-electron chi connectivity index (χ3n) is 5.62. The number of aliphatic hydroxyl groups excluding tert-OH is 1. The number of likely N-dealkylation sites (N-methyl/N-ethyl adjacent to an activating group) is 1. The zero-order valence-corrected chi connectivity index (χ0v) is 20.2. The van der Waals surface area contributed by atoms with E-state index in [0.29, 0.717) is 0 Å². The minimum absolute atomic E-state index is 0.0309. The van der Waals surface area contributed by atoms with Crippen LogP contribution in [0.25, 0.3) is 11.1 Å². The summed E-state index contributed by atoms with van der Waals surface area (Å²) in [6.07, 6.45) is -0.293. The molecule has 0 amide bonds. The first-order chi connectivity index (χ1) is 16.1. The van der Waals surface area contributed by atoms with Gasteiger partial charge in [-0.15, -0.1) is 0 Å². The second-order valence-electron chi connectivity index (χ2n) is 9.28. The van der Waals surface area contributed by atoms with Crippen LogP contribution in [0.15, 0.2) is 61.2 Å². The number of esters is 2. The summed E-state index contributed by atoms with van der Waals surface area (Å²) in [5.41, 5.74) is 3.77. The van der Waals surface area contributed by atoms with E-state index in [1.165, 1.54) is 18.0 Å². The van der Waals surface area contributed by atoms with E-state index in [-0.39, 0.29) is 25.6 Å². The monoisotopic (exact) mass is 467 g/mol. The molecule has 1 aliphatic carbocycles. The second-order valence-corrected chi connectivity index (χ2v) is 9.28. The fraction of sp³-hybridized carbons (Fsp3) is 0.407. The van der Waals surface area contributed by atoms with Crippen molar-refractivity contribution >= 4 is 11.9 Å². The van der Waals surface area contributed by atoms with Crippen molar-refractivity contribution < 1.29 is 28.9 Å². The summed E-state index contributed by atoms with van der Waals surface area (Å²) in [5, 5.41) is 10.8. The van der Waals surface area contributed by atoms with E-state index < -0.39 is 30.0 Å². The van der Waals surface area contributed by atoms with Crippen LogP contribution in [0, 0.1) is 0 Å². The molecule has 0 fully saturated rings. The predicted octanol–water partition coefficient (Wildman–Crippen LogP) is 3.85. The van der Waals surface area contributed by atoms with Crippen molar-refractivity contribution in [2.75, 3.05) is 20.3 Å². The Morgan fingerprint density at radius 2 is 1.65 bits per heavy atom. The average Bonchev–Trinajstić information content (AvgIpc) is 3.11. The van der Waals surface area contributed by atoms with E-state index in [2.05, 4.69) is 30.8 Å². The van der Waals surface area contributed by atoms with Crippen LogP contribution in [0.4, 0.5) is 0 Å². The molecular weight excluding hydrogens is 434 g/mol. The maximum absolute atomic E-state index is 12.8. The van der Waals surface area contributed by atoms with Crippen molar-refractivity contribution in [1.29, 1.82) is 0 Å². The molecule has 3 rings (SSSR count). The summed E-state index contributed by atoms with van der Waals surface area (Å²) in [7, 11) is 1.51. The molecule has 0 spiro atoms. The Hall–Kier alpha value is -3.00. The standard InChI is InChI=1S/C27H33NO6/c1-6-15-32-24(29)16-23(25(30)34-27(2,3)4)28(5)26(31)33-17-22-20-13-9-7-11-18(20)19-12-8-10-14-21(19)22/h6-14,22-23,26,31H,1,15-17H2,2-5H3/t23-,26?/m0/s1. The summed E-state index contributed by atoms with van der Waals surface area (Å²) >= 11 is 0. The fourth-order valence-electron chi connectivity index (χ4n) is 4.03. The van der Waals surface area contributed by atoms with Gasteiger partial charge in [0, 0.05) is 5.92 Å². The van der Waals surface area contributed by atoms with Gasteiger partial charge in [-0.3, -0.25) is 9.59 Å². The smallest absolute Gasteiger partial charge is 0.324 e. The Kier molecular flexibility index (Phi) is 8.25. The number of ether oxygens (including phenoxy) is 3. The minimum Gasteiger partial charge on any atom is -0.461 e. The average molecular weight is 468 g/mol. The van der Waals surface area contributed by atoms with Crippen LogP contribution in [0.1, 0.15) is 44.2 Å². The lowest BCUT2D eigenvalue weighted by atomic mass is 9.98. The molecule has 1 unspecified atom stereocenters. The minimum atomic E-state index is -1.44. The summed E-state index contributed by atoms with van der Waals surface area (Å²) in [6, 6.07) is 15.1. The molecule has 0 saturated carbocycles. The van der Waals surface area contributed by atoms with Gasteiger partial charge in [0.2, 0.25) is 6.41 Å². The number of rotatable bonds is 10. The highest BCUT2D eigenvalue weighted by Gasteiger charge is 2.35. The largest absolute Gasteiger partial charge is 0.461 e. The molecule has 2 aromatic rings. The van der Waals surface area contributed by atoms with Crippen molar-refractivity contribution in [2.24, 2.45) is 0 Å². The van der Waals surface area contributed by atoms with Gasteiger partial charge >= 0.3 is 11.9 Å². The van der Waals surface area contributed by atoms with E-state index in [1.54, 1.807) is 20.8 Å². The normalized spacial score (nSPS) is 14.8. The molecule has 1 N–H and O–H groups in total. The molecule has 7 nitrogen and oxygen atoms in total. The summed E-state index contributed by atoms with van der Waals surface area (Å²) in [5.74, 6) is -1.31. The zero-order valence-electron chi connectivity index (χ0n) is 20.2. The first kappa shape index (κ1) is 25.6. The summed E-state index contributed by atoms with van der Waals surface area (Å²) in [6.45, 7) is 8.95. The maximum Gasteiger partial charge on any atom is 0.324 e. The predicted molar refractivity (Wildman–Crippen MR) is 129 cm³/mol. The molecule has 0 aliphatic heterocycles. The Morgan fingerprint density at radius 3 is 2.18 bits per heavy atom. The number of fused-ring (bicyclic) bond motifs is 3. The number of aliphatic hydroxyl groups is 1. The second kappa shape index (κ2) is 11.0. The molecule has 0 radical (unpaired) electrons. The number of hydrogen-bond acceptors (Lipinski definition) is 7. The van der Waals surface area contributed by atoms with Crippen LogP contribution in [-0.4, -0.2) is 60.3 Å². The molecule has 34 heavy (non-hydrogen) atoms. The maximum atomic E-state index is 12.8. The number of carbonyl (C=O) groups is 2. The molecule has 0 aromatic heterocycles. The Morgan fingerprint density at radius 1 is 1.09 bits per heavy atom. The topological polar surface area (TPSA) is 85.3 Å². The molecule has 0 bridgehead atoms. The van der Waals surface area contributed by atoms with Crippen LogP contribution in [0.3, 0.4) is 0 Å². The van der Waals surface area contributed by atoms with Gasteiger partial charge in [0.25, 0.3) is 0 Å². The van der Waals surface area contributed by atoms with Crippen molar-refractivity contribution in [3.63, 3.8) is 0 Å². The van der Waals surface area contributed by atoms with Crippen LogP contribution < -0.4 is 0 Å². The van der Waals surface area contributed by atoms with Gasteiger partial charge in [0.05, 0.1) is 13.0 Å². The zero-order chi connectivity index (χ0) is 24.9. The van der Waals surface area contributed by atoms with Gasteiger partial charge in [0.15, 0.2) is 0 Å². The fourth-order valence-corrected chi connectivity index (χ4v) is 4.03. The van der Waals surface area contributed by atoms with Crippen molar-refractivity contribution in [1.82, 2.24) is 4.90 Å². The molecule has 7 heteroatoms. The van der Waals surface area contributed by atoms with Crippen LogP contribution in [-0.2, 0) is 23.8 Å². The molecule has 182 valence electrons. The van der Waals surface area contributed by atoms with E-state index in [4.69, 9.17) is 14.2 Å². The van der Waals surface area contributed by atoms with Crippen LogP contribution in [0.5, 0.6) is 0 Å². The number of benzene rings is 2. The Balaban J connectivity index is 1.73. The van der Waals surface area contributed by atoms with Crippen molar-refractivity contribution in [2.45, 2.75) is 51.2 Å². The lowest BCUT2D eigenvalue weighted by Gasteiger charge is -2.32. The van der Waals surface area contributed by atoms with Gasteiger partial charge in [-0.25, -0.2) is 4.90 Å². The SMILES string of the molecule is C=CCOC(=O)C[C@@H](C(=O)OC(C)(C)C)N(C)C(O)OCC1c2ccccc2-c2ccccc21. The molecule has 0 saturated heterocycles. The number of nitrogens with zero attached hydrogens (tertiary/aromatic N) is 1. The van der Waals surface area contributed by atoms with Gasteiger partial charge in [-0.2, -0.15) is 0 Å². The number of hydrogen-bond donors (Lipinski definition) is 1. The highest BCUT2D eigenvalue weighted by molar-refractivity contribution is 5.83. The van der Waals surface area contributed by atoms with Gasteiger partial charge in [0.1, 0.15) is 18.2 Å². The molecule has 2 atom stereocenters. The van der Waals surface area contributed by atoms with E-state index in [0.717, 1.165) is 22.3 Å². The van der Waals surface area contributed by atoms with E-state index in [9.17, 15) is 14.7 Å². The highest BCUT2D eigenvalue weighted by Crippen LogP contribution is 2.44. The highest BCUT2D eigenvalue weighted by atomic mass is 16.6. The number of carbonyl (C=O) groups excluding carboxylic acids is 2. The van der Waals surface area contributed by atoms with Gasteiger partial charge < -0.3 is 19.3 Å². The lowest BCUT2D eigenvalue weighted by molar-refractivity contribution is -0.210. The first-order valence-electron chi connectivity index (χ1n) is 11.3. The van der Waals surface area contributed by atoms with Gasteiger partial charge in [-0.05, 0) is 50.1 Å². The third-order valence-corrected chi connectivity index (χ3v) is 5.62. The van der Waals surface area contributed by atoms with Crippen LogP contribution >= 0.6 is 0 Å². The summed E-state index contributed by atoms with van der Waals surface area (Å²) < 4.78 is 16.3. The summed E-state index contributed by atoms with van der Waals surface area (Å²) in [4.78, 5) is 26.4. The molecular formula is C27H33NO6. The molecule has 1 aliphatic rings. The van der Waals surface area contributed by atoms with Gasteiger partial charge in [-0.1, -0.05) is 61.2 Å². The van der Waals surface area contributed by atoms with Crippen molar-refractivity contribution in [3.05, 3.63) is 72.3 Å². The third kappa shape index (κ3) is 6.11. The molecule has 2 aromatic carbocycles. The van der Waals surface area contributed by atoms with E-state index in [1.807, 2.05) is 24.3 Å². The van der Waals surface area contributed by atoms with E-state index >= 15 is 0 Å². The first-order valence-corrected chi connectivity index (χ1v) is 11.3. The quantitative estimate of drug-likeness (QED) is 0.323.